The summed E-state index contributed by atoms with van der Waals surface area (Å²) in [5.41, 5.74) is -2.00. The third-order valence-electron chi connectivity index (χ3n) is 6.16. The van der Waals surface area contributed by atoms with Crippen molar-refractivity contribution in [2.24, 2.45) is 5.92 Å². The van der Waals surface area contributed by atoms with Crippen molar-refractivity contribution in [3.8, 4) is 0 Å². The smallest absolute Gasteiger partial charge is 0.359 e. The Labute approximate surface area is 162 Å². The molecule has 0 spiro atoms. The predicted octanol–water partition coefficient (Wildman–Crippen LogP) is 3.84. The molecule has 1 aliphatic heterocycles. The lowest BCUT2D eigenvalue weighted by molar-refractivity contribution is -0.218. The fourth-order valence-electron chi connectivity index (χ4n) is 5.08. The quantitative estimate of drug-likeness (QED) is 0.714. The molecule has 1 aromatic heterocycles. The summed E-state index contributed by atoms with van der Waals surface area (Å²) in [7, 11) is 3.21. The van der Waals surface area contributed by atoms with Gasteiger partial charge in [0.1, 0.15) is 5.69 Å². The van der Waals surface area contributed by atoms with Crippen LogP contribution in [0.2, 0.25) is 0 Å². The molecule has 1 amide bonds. The largest absolute Gasteiger partial charge is 0.489 e. The van der Waals surface area contributed by atoms with E-state index in [4.69, 9.17) is 0 Å². The summed E-state index contributed by atoms with van der Waals surface area (Å²) in [5, 5.41) is 2.60. The van der Waals surface area contributed by atoms with Crippen LogP contribution in [0, 0.1) is 5.92 Å². The number of amides is 1. The maximum atomic E-state index is 13.8. The maximum absolute atomic E-state index is 13.8. The van der Waals surface area contributed by atoms with Crippen molar-refractivity contribution in [3.63, 3.8) is 0 Å². The first-order chi connectivity index (χ1) is 13.4. The van der Waals surface area contributed by atoms with Crippen LogP contribution < -0.4 is 5.32 Å². The van der Waals surface area contributed by atoms with Crippen LogP contribution in [0.25, 0.3) is 10.9 Å². The van der Waals surface area contributed by atoms with E-state index < -0.39 is 34.3 Å². The van der Waals surface area contributed by atoms with Gasteiger partial charge in [-0.3, -0.25) is 4.79 Å². The summed E-state index contributed by atoms with van der Waals surface area (Å²) in [5.74, 6) is -0.885. The van der Waals surface area contributed by atoms with Gasteiger partial charge in [-0.15, -0.1) is 13.2 Å². The van der Waals surface area contributed by atoms with Crippen LogP contribution in [-0.2, 0) is 23.7 Å². The summed E-state index contributed by atoms with van der Waals surface area (Å²) >= 11 is 0. The van der Waals surface area contributed by atoms with Gasteiger partial charge in [0.2, 0.25) is 5.91 Å². The van der Waals surface area contributed by atoms with E-state index in [1.54, 1.807) is 18.0 Å². The number of alkyl halides is 6. The molecular weight excluding hydrogens is 400 g/mol. The van der Waals surface area contributed by atoms with Crippen molar-refractivity contribution in [2.75, 3.05) is 20.6 Å². The van der Waals surface area contributed by atoms with E-state index in [9.17, 15) is 31.1 Å². The Morgan fingerprint density at radius 3 is 2.45 bits per heavy atom. The van der Waals surface area contributed by atoms with Crippen LogP contribution in [0.15, 0.2) is 18.2 Å². The molecule has 1 aliphatic carbocycles. The Morgan fingerprint density at radius 1 is 1.17 bits per heavy atom. The highest BCUT2D eigenvalue weighted by atomic mass is 19.4. The first-order valence-corrected chi connectivity index (χ1v) is 9.17. The van der Waals surface area contributed by atoms with Gasteiger partial charge < -0.3 is 10.2 Å². The van der Waals surface area contributed by atoms with E-state index >= 15 is 0 Å². The summed E-state index contributed by atoms with van der Waals surface area (Å²) in [6, 6.07) is 3.62. The number of likely N-dealkylation sites (N-methyl/N-ethyl adjacent to an activating group) is 1. The minimum atomic E-state index is -5.20. The molecule has 0 radical (unpaired) electrons. The van der Waals surface area contributed by atoms with Crippen LogP contribution in [-0.4, -0.2) is 42.1 Å². The van der Waals surface area contributed by atoms with Crippen LogP contribution in [0.4, 0.5) is 26.3 Å². The lowest BCUT2D eigenvalue weighted by atomic mass is 9.72. The van der Waals surface area contributed by atoms with Gasteiger partial charge in [-0.25, -0.2) is 4.57 Å². The molecule has 3 atom stereocenters. The molecular formula is C19H19F6N3O. The molecule has 2 aromatic rings. The number of nitrogens with one attached hydrogen (secondary N) is 1. The van der Waals surface area contributed by atoms with E-state index in [0.717, 1.165) is 6.07 Å². The zero-order valence-electron chi connectivity index (χ0n) is 15.7. The van der Waals surface area contributed by atoms with Crippen molar-refractivity contribution in [1.82, 2.24) is 14.8 Å². The Bertz CT molecular complexity index is 977. The third kappa shape index (κ3) is 2.99. The van der Waals surface area contributed by atoms with Gasteiger partial charge in [-0.1, -0.05) is 12.1 Å². The van der Waals surface area contributed by atoms with Crippen LogP contribution >= 0.6 is 0 Å². The molecule has 2 aliphatic rings. The molecule has 2 heterocycles. The van der Waals surface area contributed by atoms with Crippen LogP contribution in [0.1, 0.15) is 29.2 Å². The number of rotatable bonds is 1. The van der Waals surface area contributed by atoms with Crippen molar-refractivity contribution < 1.29 is 31.1 Å². The zero-order valence-corrected chi connectivity index (χ0v) is 15.7. The fourth-order valence-corrected chi connectivity index (χ4v) is 5.08. The number of nitrogens with zero attached hydrogens (tertiary/aromatic N) is 2. The molecule has 29 heavy (non-hydrogen) atoms. The van der Waals surface area contributed by atoms with E-state index in [-0.39, 0.29) is 35.1 Å². The average Bonchev–Trinajstić information content (AvgIpc) is 2.98. The molecule has 158 valence electrons. The first kappa shape index (κ1) is 20.1. The molecule has 1 saturated heterocycles. The summed E-state index contributed by atoms with van der Waals surface area (Å²) in [6.07, 6.45) is -10.1. The Hall–Kier alpha value is -2.23. The van der Waals surface area contributed by atoms with Crippen LogP contribution in [0.3, 0.4) is 0 Å². The molecule has 4 rings (SSSR count). The number of likely N-dealkylation sites (tertiary alicyclic amines) is 1. The Morgan fingerprint density at radius 2 is 1.86 bits per heavy atom. The number of halogens is 6. The number of aromatic nitrogens is 1. The van der Waals surface area contributed by atoms with E-state index in [1.807, 2.05) is 0 Å². The fraction of sp³-hybridized carbons (Fsp3) is 0.526. The summed E-state index contributed by atoms with van der Waals surface area (Å²) < 4.78 is 81.8. The van der Waals surface area contributed by atoms with Gasteiger partial charge in [-0.05, 0) is 37.1 Å². The molecule has 4 nitrogen and oxygen atoms in total. The second-order valence-electron chi connectivity index (χ2n) is 7.73. The summed E-state index contributed by atoms with van der Waals surface area (Å²) in [6.45, 7) is 0.341. The maximum Gasteiger partial charge on any atom is 0.489 e. The van der Waals surface area contributed by atoms with Gasteiger partial charge in [-0.2, -0.15) is 13.2 Å². The zero-order chi connectivity index (χ0) is 21.3. The number of hydrogen-bond acceptors (Lipinski definition) is 2. The number of carbonyl (C=O) groups is 1. The molecule has 0 bridgehead atoms. The normalized spacial score (nSPS) is 25.2. The number of hydrogen-bond donors (Lipinski definition) is 1. The van der Waals surface area contributed by atoms with Crippen molar-refractivity contribution in [1.29, 1.82) is 0 Å². The second kappa shape index (κ2) is 6.38. The van der Waals surface area contributed by atoms with E-state index in [0.29, 0.717) is 18.5 Å². The molecule has 1 N–H and O–H groups in total. The van der Waals surface area contributed by atoms with Crippen molar-refractivity contribution in [3.05, 3.63) is 35.0 Å². The highest BCUT2D eigenvalue weighted by Gasteiger charge is 2.50. The lowest BCUT2D eigenvalue weighted by Gasteiger charge is -2.45. The molecule has 10 heteroatoms. The van der Waals surface area contributed by atoms with E-state index in [2.05, 4.69) is 5.32 Å². The molecule has 1 aromatic carbocycles. The predicted molar refractivity (Wildman–Crippen MR) is 93.3 cm³/mol. The summed E-state index contributed by atoms with van der Waals surface area (Å²) in [4.78, 5) is 13.9. The van der Waals surface area contributed by atoms with Gasteiger partial charge in [0.25, 0.3) is 0 Å². The monoisotopic (exact) mass is 419 g/mol. The highest BCUT2D eigenvalue weighted by Crippen LogP contribution is 2.51. The Kier molecular flexibility index (Phi) is 4.42. The SMILES string of the molecule is CNC(=O)C1CC2c3cccc4c3c(c(C(F)(F)F)n4C(F)(F)F)CC2N(C)C1. The van der Waals surface area contributed by atoms with Gasteiger partial charge >= 0.3 is 12.5 Å². The number of benzene rings is 1. The van der Waals surface area contributed by atoms with Gasteiger partial charge in [0.05, 0.1) is 11.4 Å². The Balaban J connectivity index is 1.98. The molecule has 3 unspecified atom stereocenters. The van der Waals surface area contributed by atoms with E-state index in [1.165, 1.54) is 13.1 Å². The van der Waals surface area contributed by atoms with Crippen LogP contribution in [0.5, 0.6) is 0 Å². The standard InChI is InChI=1S/C19H19F6N3O/c1-26-17(29)9-6-11-10-4-3-5-13-15(10)12(7-14(11)27(2)8-9)16(18(20,21)22)28(13)19(23,24)25/h3-5,9,11,14H,6-8H2,1-2H3,(H,26,29). The minimum absolute atomic E-state index is 0.0179. The number of piperidine rings is 1. The number of carbonyl (C=O) groups excluding carboxylic acids is 1. The molecule has 1 fully saturated rings. The second-order valence-corrected chi connectivity index (χ2v) is 7.73. The van der Waals surface area contributed by atoms with Crippen molar-refractivity contribution >= 4 is 16.8 Å². The number of fused-ring (bicyclic) bond motifs is 2. The molecule has 0 saturated carbocycles. The average molecular weight is 419 g/mol. The minimum Gasteiger partial charge on any atom is -0.359 e. The lowest BCUT2D eigenvalue weighted by Crippen LogP contribution is -2.51. The third-order valence-corrected chi connectivity index (χ3v) is 6.16. The van der Waals surface area contributed by atoms with Crippen molar-refractivity contribution in [2.45, 2.75) is 37.3 Å². The first-order valence-electron chi connectivity index (χ1n) is 9.17. The highest BCUT2D eigenvalue weighted by molar-refractivity contribution is 5.91. The van der Waals surface area contributed by atoms with Gasteiger partial charge in [0, 0.05) is 30.9 Å². The topological polar surface area (TPSA) is 37.3 Å². The van der Waals surface area contributed by atoms with Gasteiger partial charge in [0.15, 0.2) is 0 Å².